The molecule has 3 heterocycles. The van der Waals surface area contributed by atoms with Gasteiger partial charge in [-0.15, -0.1) is 0 Å². The van der Waals surface area contributed by atoms with Gasteiger partial charge in [0.2, 0.25) is 0 Å². The molecule has 2 aliphatic rings. The number of ether oxygens (including phenoxy) is 1. The molecule has 0 amide bonds. The smallest absolute Gasteiger partial charge is 0.335 e. The Hall–Kier alpha value is -3.62. The van der Waals surface area contributed by atoms with Gasteiger partial charge < -0.3 is 14.7 Å². The molecule has 2 fully saturated rings. The van der Waals surface area contributed by atoms with Gasteiger partial charge in [0.1, 0.15) is 0 Å². The van der Waals surface area contributed by atoms with E-state index >= 15 is 0 Å². The van der Waals surface area contributed by atoms with Crippen LogP contribution in [0.5, 0.6) is 0 Å². The highest BCUT2D eigenvalue weighted by atomic mass is 35.5. The monoisotopic (exact) mass is 490 g/mol. The molecule has 0 bridgehead atoms. The summed E-state index contributed by atoms with van der Waals surface area (Å²) in [5.74, 6) is -0.998. The number of anilines is 1. The molecule has 178 valence electrons. The lowest BCUT2D eigenvalue weighted by Crippen LogP contribution is -2.36. The van der Waals surface area contributed by atoms with Gasteiger partial charge in [0.25, 0.3) is 0 Å². The Balaban J connectivity index is 1.50. The van der Waals surface area contributed by atoms with Gasteiger partial charge in [-0.2, -0.15) is 0 Å². The molecular weight excluding hydrogens is 468 g/mol. The minimum Gasteiger partial charge on any atom is -0.478 e. The molecule has 1 saturated carbocycles. The minimum atomic E-state index is -0.998. The first-order valence-electron chi connectivity index (χ1n) is 11.5. The summed E-state index contributed by atoms with van der Waals surface area (Å²) in [5.41, 5.74) is 3.05. The molecule has 9 heteroatoms. The zero-order chi connectivity index (χ0) is 24.2. The summed E-state index contributed by atoms with van der Waals surface area (Å²) in [6, 6.07) is 16.4. The average molecular weight is 491 g/mol. The Labute approximate surface area is 205 Å². The van der Waals surface area contributed by atoms with Crippen LogP contribution in [0.4, 0.5) is 5.69 Å². The average Bonchev–Trinajstić information content (AvgIpc) is 3.63. The predicted octanol–water partition coefficient (Wildman–Crippen LogP) is 3.91. The molecule has 6 rings (SSSR count). The second kappa shape index (κ2) is 8.25. The number of rotatable bonds is 5. The number of morpholine rings is 1. The van der Waals surface area contributed by atoms with Crippen LogP contribution in [0.15, 0.2) is 65.6 Å². The number of nitrogens with zero attached hydrogens (tertiary/aromatic N) is 4. The highest BCUT2D eigenvalue weighted by Gasteiger charge is 2.49. The van der Waals surface area contributed by atoms with Crippen molar-refractivity contribution in [1.29, 1.82) is 0 Å². The Bertz CT molecular complexity index is 1500. The molecule has 0 spiro atoms. The number of halogens is 1. The molecule has 1 aliphatic carbocycles. The lowest BCUT2D eigenvalue weighted by Gasteiger charge is -2.28. The van der Waals surface area contributed by atoms with Crippen molar-refractivity contribution >= 4 is 34.4 Å². The van der Waals surface area contributed by atoms with E-state index in [1.165, 1.54) is 6.20 Å². The van der Waals surface area contributed by atoms with Crippen LogP contribution in [0, 0.1) is 0 Å². The Kier molecular flexibility index (Phi) is 5.16. The molecule has 35 heavy (non-hydrogen) atoms. The number of fused-ring (bicyclic) bond motifs is 1. The van der Waals surface area contributed by atoms with Gasteiger partial charge in [0.05, 0.1) is 40.5 Å². The van der Waals surface area contributed by atoms with Crippen LogP contribution >= 0.6 is 11.6 Å². The number of imidazole rings is 1. The van der Waals surface area contributed by atoms with Crippen LogP contribution in [0.2, 0.25) is 5.02 Å². The van der Waals surface area contributed by atoms with E-state index in [1.54, 1.807) is 33.4 Å². The van der Waals surface area contributed by atoms with Crippen LogP contribution < -0.4 is 10.6 Å². The van der Waals surface area contributed by atoms with E-state index < -0.39 is 11.5 Å². The van der Waals surface area contributed by atoms with E-state index in [0.29, 0.717) is 29.4 Å². The van der Waals surface area contributed by atoms with Crippen LogP contribution in [-0.2, 0) is 10.3 Å². The molecule has 0 radical (unpaired) electrons. The van der Waals surface area contributed by atoms with Crippen LogP contribution in [0.3, 0.4) is 0 Å². The van der Waals surface area contributed by atoms with Gasteiger partial charge in [0, 0.05) is 25.0 Å². The van der Waals surface area contributed by atoms with Gasteiger partial charge in [-0.3, -0.25) is 9.13 Å². The maximum atomic E-state index is 14.0. The topological polar surface area (TPSA) is 89.6 Å². The molecular formula is C26H23ClN4O4. The largest absolute Gasteiger partial charge is 0.478 e. The lowest BCUT2D eigenvalue weighted by atomic mass is 10.0. The third-order valence-electron chi connectivity index (χ3n) is 6.93. The fourth-order valence-corrected chi connectivity index (χ4v) is 5.17. The second-order valence-corrected chi connectivity index (χ2v) is 9.42. The molecule has 2 aromatic heterocycles. The normalized spacial score (nSPS) is 17.0. The second-order valence-electron chi connectivity index (χ2n) is 8.98. The maximum Gasteiger partial charge on any atom is 0.335 e. The molecule has 8 nitrogen and oxygen atoms in total. The zero-order valence-electron chi connectivity index (χ0n) is 18.9. The third kappa shape index (κ3) is 3.61. The van der Waals surface area contributed by atoms with Crippen molar-refractivity contribution in [3.8, 4) is 5.69 Å². The summed E-state index contributed by atoms with van der Waals surface area (Å²) in [6.45, 7) is 3.06. The first-order chi connectivity index (χ1) is 17.0. The number of carbonyl (C=O) groups is 1. The molecule has 4 aromatic rings. The summed E-state index contributed by atoms with van der Waals surface area (Å²) in [4.78, 5) is 32.3. The van der Waals surface area contributed by atoms with Crippen LogP contribution in [0.1, 0.15) is 28.8 Å². The molecule has 1 N–H and O–H groups in total. The summed E-state index contributed by atoms with van der Waals surface area (Å²) in [5, 5.41) is 9.92. The number of aromatic nitrogens is 3. The number of hydrogen-bond acceptors (Lipinski definition) is 5. The Morgan fingerprint density at radius 2 is 1.74 bits per heavy atom. The van der Waals surface area contributed by atoms with E-state index in [9.17, 15) is 14.7 Å². The summed E-state index contributed by atoms with van der Waals surface area (Å²) >= 11 is 6.30. The number of aromatic carboxylic acids is 1. The van der Waals surface area contributed by atoms with Gasteiger partial charge in [-0.05, 0) is 60.9 Å². The van der Waals surface area contributed by atoms with Crippen LogP contribution in [-0.4, -0.2) is 51.5 Å². The first-order valence-corrected chi connectivity index (χ1v) is 11.9. The quantitative estimate of drug-likeness (QED) is 0.456. The van der Waals surface area contributed by atoms with Crippen LogP contribution in [0.25, 0.3) is 16.9 Å². The van der Waals surface area contributed by atoms with Crippen molar-refractivity contribution in [1.82, 2.24) is 14.1 Å². The number of carboxylic acid groups (broad SMARTS) is 1. The van der Waals surface area contributed by atoms with E-state index in [0.717, 1.165) is 42.9 Å². The van der Waals surface area contributed by atoms with E-state index in [2.05, 4.69) is 9.88 Å². The Morgan fingerprint density at radius 1 is 1.03 bits per heavy atom. The van der Waals surface area contributed by atoms with Crippen molar-refractivity contribution in [3.05, 3.63) is 87.4 Å². The van der Waals surface area contributed by atoms with Gasteiger partial charge in [0.15, 0.2) is 5.65 Å². The van der Waals surface area contributed by atoms with E-state index in [-0.39, 0.29) is 11.3 Å². The van der Waals surface area contributed by atoms with Crippen molar-refractivity contribution < 1.29 is 14.6 Å². The minimum absolute atomic E-state index is 0.195. The van der Waals surface area contributed by atoms with E-state index in [4.69, 9.17) is 16.3 Å². The lowest BCUT2D eigenvalue weighted by molar-refractivity contribution is 0.0696. The number of benzene rings is 2. The Morgan fingerprint density at radius 3 is 2.43 bits per heavy atom. The number of carboxylic acids is 1. The van der Waals surface area contributed by atoms with Gasteiger partial charge >= 0.3 is 11.7 Å². The summed E-state index contributed by atoms with van der Waals surface area (Å²) in [6.07, 6.45) is 2.97. The first kappa shape index (κ1) is 21.9. The maximum absolute atomic E-state index is 14.0. The number of hydrogen-bond donors (Lipinski definition) is 1. The van der Waals surface area contributed by atoms with Gasteiger partial charge in [-0.1, -0.05) is 23.7 Å². The highest BCUT2D eigenvalue weighted by Crippen LogP contribution is 2.50. The van der Waals surface area contributed by atoms with Crippen molar-refractivity contribution in [2.45, 2.75) is 18.4 Å². The van der Waals surface area contributed by atoms with Crippen molar-refractivity contribution in [3.63, 3.8) is 0 Å². The number of pyridine rings is 1. The summed E-state index contributed by atoms with van der Waals surface area (Å²) in [7, 11) is 0. The van der Waals surface area contributed by atoms with Crippen molar-refractivity contribution in [2.75, 3.05) is 31.2 Å². The molecule has 1 saturated heterocycles. The third-order valence-corrected chi connectivity index (χ3v) is 7.14. The molecule has 2 aromatic carbocycles. The van der Waals surface area contributed by atoms with E-state index in [1.807, 2.05) is 30.3 Å². The standard InChI is InChI=1S/C26H23ClN4O4/c27-19-15-22-23(28-16-19)31(26(8-9-26)18-3-1-2-17(14-18)24(32)33)25(34)30(22)21-6-4-20(5-7-21)29-10-12-35-13-11-29/h1-7,14-16H,8-13H2,(H,32,33). The predicted molar refractivity (Wildman–Crippen MR) is 133 cm³/mol. The SMILES string of the molecule is O=C(O)c1cccc(C2(n3c(=O)n(-c4ccc(N5CCOCC5)cc4)c4cc(Cl)cnc43)CC2)c1. The molecule has 0 unspecified atom stereocenters. The molecule has 0 atom stereocenters. The fraction of sp³-hybridized carbons (Fsp3) is 0.269. The fourth-order valence-electron chi connectivity index (χ4n) is 5.02. The van der Waals surface area contributed by atoms with Gasteiger partial charge in [-0.25, -0.2) is 14.6 Å². The van der Waals surface area contributed by atoms with Crippen molar-refractivity contribution in [2.24, 2.45) is 0 Å². The summed E-state index contributed by atoms with van der Waals surface area (Å²) < 4.78 is 8.79. The zero-order valence-corrected chi connectivity index (χ0v) is 19.6. The molecule has 1 aliphatic heterocycles. The highest BCUT2D eigenvalue weighted by molar-refractivity contribution is 6.31.